The van der Waals surface area contributed by atoms with Gasteiger partial charge in [-0.15, -0.1) is 0 Å². The predicted molar refractivity (Wildman–Crippen MR) is 85.8 cm³/mol. The van der Waals surface area contributed by atoms with Crippen molar-refractivity contribution in [1.29, 1.82) is 0 Å². The molecule has 0 aliphatic rings. The Hall–Kier alpha value is -3.22. The van der Waals surface area contributed by atoms with Gasteiger partial charge in [-0.05, 0) is 24.3 Å². The second-order valence-electron chi connectivity index (χ2n) is 5.00. The summed E-state index contributed by atoms with van der Waals surface area (Å²) in [6.45, 7) is 0.680. The summed E-state index contributed by atoms with van der Waals surface area (Å²) in [4.78, 5) is 13.3. The van der Waals surface area contributed by atoms with Gasteiger partial charge in [-0.2, -0.15) is 5.10 Å². The van der Waals surface area contributed by atoms with Crippen LogP contribution in [-0.4, -0.2) is 31.7 Å². The Labute approximate surface area is 131 Å². The summed E-state index contributed by atoms with van der Waals surface area (Å²) in [6.07, 6.45) is 4.03. The van der Waals surface area contributed by atoms with Crippen LogP contribution < -0.4 is 5.32 Å². The fourth-order valence-corrected chi connectivity index (χ4v) is 2.27. The molecule has 0 saturated heterocycles. The van der Waals surface area contributed by atoms with Crippen molar-refractivity contribution < 1.29 is 4.42 Å². The topological polar surface area (TPSA) is 92.5 Å². The van der Waals surface area contributed by atoms with Crippen molar-refractivity contribution in [2.24, 2.45) is 0 Å². The van der Waals surface area contributed by atoms with Gasteiger partial charge in [0.1, 0.15) is 11.6 Å². The molecule has 4 rings (SSSR count). The van der Waals surface area contributed by atoms with Gasteiger partial charge in [-0.25, -0.2) is 9.97 Å². The first-order chi connectivity index (χ1) is 11.4. The molecule has 3 heterocycles. The second-order valence-corrected chi connectivity index (χ2v) is 5.00. The maximum Gasteiger partial charge on any atom is 0.216 e. The Bertz CT molecular complexity index is 915. The number of aromatic nitrogens is 5. The minimum Gasteiger partial charge on any atom is -0.461 e. The van der Waals surface area contributed by atoms with Crippen molar-refractivity contribution in [3.8, 4) is 11.6 Å². The number of para-hydroxylation sites is 2. The molecule has 0 radical (unpaired) electrons. The normalized spacial score (nSPS) is 11.0. The highest BCUT2D eigenvalue weighted by atomic mass is 16.3. The number of fused-ring (bicyclic) bond motifs is 1. The molecule has 0 unspecified atom stereocenters. The molecule has 0 aliphatic carbocycles. The third-order valence-electron chi connectivity index (χ3n) is 3.39. The van der Waals surface area contributed by atoms with Gasteiger partial charge in [-0.3, -0.25) is 10.1 Å². The molecule has 0 bridgehead atoms. The number of nitrogens with zero attached hydrogens (tertiary/aromatic N) is 4. The summed E-state index contributed by atoms with van der Waals surface area (Å²) < 4.78 is 5.27. The summed E-state index contributed by atoms with van der Waals surface area (Å²) >= 11 is 0. The van der Waals surface area contributed by atoms with Gasteiger partial charge in [0.25, 0.3) is 0 Å². The predicted octanol–water partition coefficient (Wildman–Crippen LogP) is 2.66. The van der Waals surface area contributed by atoms with Crippen molar-refractivity contribution in [3.05, 3.63) is 54.7 Å². The first-order valence-corrected chi connectivity index (χ1v) is 7.29. The molecule has 7 heteroatoms. The van der Waals surface area contributed by atoms with E-state index in [1.807, 2.05) is 36.4 Å². The van der Waals surface area contributed by atoms with E-state index in [-0.39, 0.29) is 0 Å². The summed E-state index contributed by atoms with van der Waals surface area (Å²) in [6, 6.07) is 11.4. The van der Waals surface area contributed by atoms with E-state index in [1.165, 1.54) is 0 Å². The maximum absolute atomic E-state index is 5.27. The van der Waals surface area contributed by atoms with E-state index < -0.39 is 0 Å². The fourth-order valence-electron chi connectivity index (χ4n) is 2.27. The number of hydrogen-bond acceptors (Lipinski definition) is 6. The third-order valence-corrected chi connectivity index (χ3v) is 3.39. The van der Waals surface area contributed by atoms with Crippen molar-refractivity contribution in [1.82, 2.24) is 25.1 Å². The van der Waals surface area contributed by atoms with E-state index in [1.54, 1.807) is 12.5 Å². The van der Waals surface area contributed by atoms with Crippen LogP contribution in [0.3, 0.4) is 0 Å². The zero-order valence-corrected chi connectivity index (χ0v) is 12.2. The van der Waals surface area contributed by atoms with Gasteiger partial charge in [0.15, 0.2) is 5.76 Å². The van der Waals surface area contributed by atoms with Crippen LogP contribution in [0.1, 0.15) is 5.82 Å². The lowest BCUT2D eigenvalue weighted by Crippen LogP contribution is -2.07. The highest BCUT2D eigenvalue weighted by Gasteiger charge is 2.08. The number of H-pyrrole nitrogens is 1. The number of benzene rings is 1. The molecule has 0 atom stereocenters. The van der Waals surface area contributed by atoms with Crippen molar-refractivity contribution in [2.75, 3.05) is 11.9 Å². The molecular weight excluding hydrogens is 292 g/mol. The summed E-state index contributed by atoms with van der Waals surface area (Å²) in [5.74, 6) is 2.75. The van der Waals surface area contributed by atoms with Gasteiger partial charge in [0.05, 0.1) is 23.5 Å². The number of aromatic amines is 1. The minimum atomic E-state index is 0.565. The van der Waals surface area contributed by atoms with Crippen LogP contribution in [0.25, 0.3) is 22.6 Å². The average Bonchev–Trinajstić information content (AvgIpc) is 3.26. The molecule has 0 amide bonds. The average molecular weight is 306 g/mol. The molecule has 7 nitrogen and oxygen atoms in total. The molecule has 114 valence electrons. The Morgan fingerprint density at radius 1 is 1.04 bits per heavy atom. The Balaban J connectivity index is 1.39. The van der Waals surface area contributed by atoms with E-state index in [2.05, 4.69) is 30.5 Å². The van der Waals surface area contributed by atoms with E-state index in [0.29, 0.717) is 24.6 Å². The van der Waals surface area contributed by atoms with Crippen molar-refractivity contribution in [2.45, 2.75) is 6.42 Å². The highest BCUT2D eigenvalue weighted by molar-refractivity contribution is 5.75. The summed E-state index contributed by atoms with van der Waals surface area (Å²) in [5.41, 5.74) is 1.76. The summed E-state index contributed by atoms with van der Waals surface area (Å²) in [5, 5.41) is 10.3. The van der Waals surface area contributed by atoms with E-state index in [4.69, 9.17) is 4.42 Å². The van der Waals surface area contributed by atoms with Gasteiger partial charge >= 0.3 is 0 Å². The van der Waals surface area contributed by atoms with Crippen molar-refractivity contribution >= 4 is 16.9 Å². The molecule has 0 aliphatic heterocycles. The van der Waals surface area contributed by atoms with Crippen LogP contribution in [-0.2, 0) is 6.42 Å². The third kappa shape index (κ3) is 2.89. The molecule has 1 aromatic carbocycles. The smallest absolute Gasteiger partial charge is 0.216 e. The van der Waals surface area contributed by atoms with Crippen LogP contribution in [0.4, 0.5) is 5.82 Å². The fraction of sp³-hybridized carbons (Fsp3) is 0.125. The van der Waals surface area contributed by atoms with Gasteiger partial charge in [0.2, 0.25) is 5.82 Å². The lowest BCUT2D eigenvalue weighted by atomic mass is 10.3. The molecule has 3 aromatic heterocycles. The second kappa shape index (κ2) is 5.88. The first kappa shape index (κ1) is 13.4. The van der Waals surface area contributed by atoms with E-state index >= 15 is 0 Å². The zero-order chi connectivity index (χ0) is 15.5. The number of anilines is 1. The van der Waals surface area contributed by atoms with Crippen LogP contribution in [0.5, 0.6) is 0 Å². The lowest BCUT2D eigenvalue weighted by molar-refractivity contribution is 0.577. The SMILES string of the molecule is c1coc(-c2n[nH]c(CCNc3cnc4ccccc4n3)n2)c1. The number of hydrogen-bond donors (Lipinski definition) is 2. The zero-order valence-electron chi connectivity index (χ0n) is 12.2. The van der Waals surface area contributed by atoms with Crippen LogP contribution in [0.15, 0.2) is 53.3 Å². The molecule has 23 heavy (non-hydrogen) atoms. The molecule has 2 N–H and O–H groups in total. The largest absolute Gasteiger partial charge is 0.461 e. The lowest BCUT2D eigenvalue weighted by Gasteiger charge is -2.04. The molecule has 4 aromatic rings. The molecule has 0 saturated carbocycles. The quantitative estimate of drug-likeness (QED) is 0.589. The van der Waals surface area contributed by atoms with Gasteiger partial charge in [0, 0.05) is 13.0 Å². The van der Waals surface area contributed by atoms with E-state index in [9.17, 15) is 0 Å². The monoisotopic (exact) mass is 306 g/mol. The number of furan rings is 1. The van der Waals surface area contributed by atoms with Crippen LogP contribution in [0.2, 0.25) is 0 Å². The Morgan fingerprint density at radius 3 is 2.83 bits per heavy atom. The summed E-state index contributed by atoms with van der Waals surface area (Å²) in [7, 11) is 0. The Kier molecular flexibility index (Phi) is 3.44. The first-order valence-electron chi connectivity index (χ1n) is 7.29. The molecule has 0 spiro atoms. The number of nitrogens with one attached hydrogen (secondary N) is 2. The van der Waals surface area contributed by atoms with Crippen LogP contribution in [0, 0.1) is 0 Å². The van der Waals surface area contributed by atoms with Gasteiger partial charge in [-0.1, -0.05) is 12.1 Å². The van der Waals surface area contributed by atoms with E-state index in [0.717, 1.165) is 22.7 Å². The van der Waals surface area contributed by atoms with Crippen LogP contribution >= 0.6 is 0 Å². The molecular formula is C16H14N6O. The molecule has 0 fully saturated rings. The maximum atomic E-state index is 5.27. The number of rotatable bonds is 5. The van der Waals surface area contributed by atoms with Crippen molar-refractivity contribution in [3.63, 3.8) is 0 Å². The Morgan fingerprint density at radius 2 is 1.96 bits per heavy atom. The highest BCUT2D eigenvalue weighted by Crippen LogP contribution is 2.15. The van der Waals surface area contributed by atoms with Gasteiger partial charge < -0.3 is 9.73 Å². The standard InChI is InChI=1S/C16H14N6O/c1-2-5-12-11(4-1)18-10-15(19-12)17-8-7-14-20-16(22-21-14)13-6-3-9-23-13/h1-6,9-10H,7-8H2,(H,17,19)(H,20,21,22). The minimum absolute atomic E-state index is 0.565.